The van der Waals surface area contributed by atoms with Gasteiger partial charge in [0.25, 0.3) is 5.91 Å². The van der Waals surface area contributed by atoms with Gasteiger partial charge in [0.05, 0.1) is 6.42 Å². The minimum atomic E-state index is -0.836. The van der Waals surface area contributed by atoms with E-state index in [0.717, 1.165) is 22.0 Å². The molecule has 0 spiro atoms. The minimum Gasteiger partial charge on any atom is -0.481 e. The number of anilines is 1. The van der Waals surface area contributed by atoms with Crippen LogP contribution in [0.25, 0.3) is 10.8 Å². The summed E-state index contributed by atoms with van der Waals surface area (Å²) in [5, 5.41) is 11.3. The Morgan fingerprint density at radius 3 is 2.25 bits per heavy atom. The molecule has 28 heavy (non-hydrogen) atoms. The summed E-state index contributed by atoms with van der Waals surface area (Å²) >= 11 is 0. The molecule has 5 nitrogen and oxygen atoms in total. The first-order valence-corrected chi connectivity index (χ1v) is 9.44. The normalized spacial score (nSPS) is 14.3. The number of hydrogen-bond acceptors (Lipinski definition) is 3. The molecule has 1 N–H and O–H groups in total. The van der Waals surface area contributed by atoms with Crippen molar-refractivity contribution in [3.8, 4) is 0 Å². The van der Waals surface area contributed by atoms with E-state index in [4.69, 9.17) is 5.11 Å². The van der Waals surface area contributed by atoms with Gasteiger partial charge in [-0.3, -0.25) is 9.59 Å². The lowest BCUT2D eigenvalue weighted by molar-refractivity contribution is -0.136. The molecule has 0 aromatic heterocycles. The predicted molar refractivity (Wildman–Crippen MR) is 110 cm³/mol. The maximum absolute atomic E-state index is 12.9. The lowest BCUT2D eigenvalue weighted by Gasteiger charge is -2.37. The predicted octanol–water partition coefficient (Wildman–Crippen LogP) is 3.43. The second-order valence-electron chi connectivity index (χ2n) is 7.04. The van der Waals surface area contributed by atoms with Crippen molar-refractivity contribution in [3.63, 3.8) is 0 Å². The van der Waals surface area contributed by atoms with Crippen molar-refractivity contribution < 1.29 is 14.7 Å². The molecule has 0 saturated carbocycles. The second-order valence-corrected chi connectivity index (χ2v) is 7.04. The van der Waals surface area contributed by atoms with E-state index in [0.29, 0.717) is 31.7 Å². The van der Waals surface area contributed by atoms with Gasteiger partial charge in [-0.15, -0.1) is 0 Å². The van der Waals surface area contributed by atoms with Crippen molar-refractivity contribution in [3.05, 3.63) is 77.9 Å². The first-order valence-electron chi connectivity index (χ1n) is 9.44. The number of carboxylic acid groups (broad SMARTS) is 1. The number of carboxylic acids is 1. The largest absolute Gasteiger partial charge is 0.481 e. The summed E-state index contributed by atoms with van der Waals surface area (Å²) < 4.78 is 0. The number of amides is 1. The highest BCUT2D eigenvalue weighted by atomic mass is 16.4. The second kappa shape index (κ2) is 7.72. The zero-order valence-corrected chi connectivity index (χ0v) is 15.5. The fourth-order valence-corrected chi connectivity index (χ4v) is 3.79. The van der Waals surface area contributed by atoms with Crippen LogP contribution < -0.4 is 4.90 Å². The van der Waals surface area contributed by atoms with Crippen LogP contribution >= 0.6 is 0 Å². The maximum atomic E-state index is 12.9. The number of hydrogen-bond donors (Lipinski definition) is 1. The van der Waals surface area contributed by atoms with E-state index in [1.54, 1.807) is 0 Å². The molecule has 142 valence electrons. The molecule has 3 aromatic rings. The van der Waals surface area contributed by atoms with E-state index in [1.807, 2.05) is 71.6 Å². The average molecular weight is 374 g/mol. The summed E-state index contributed by atoms with van der Waals surface area (Å²) in [4.78, 5) is 28.1. The molecule has 1 aliphatic heterocycles. The topological polar surface area (TPSA) is 60.9 Å². The molecular formula is C23H22N2O3. The van der Waals surface area contributed by atoms with Gasteiger partial charge >= 0.3 is 5.97 Å². The van der Waals surface area contributed by atoms with Gasteiger partial charge in [0.2, 0.25) is 0 Å². The Labute approximate surface area is 163 Å². The molecule has 5 heteroatoms. The van der Waals surface area contributed by atoms with Gasteiger partial charge in [-0.05, 0) is 34.5 Å². The van der Waals surface area contributed by atoms with E-state index in [1.165, 1.54) is 0 Å². The summed E-state index contributed by atoms with van der Waals surface area (Å²) in [5.74, 6) is -0.790. The maximum Gasteiger partial charge on any atom is 0.307 e. The molecule has 1 fully saturated rings. The van der Waals surface area contributed by atoms with Crippen LogP contribution in [0.1, 0.15) is 15.9 Å². The molecule has 1 aliphatic rings. The number of nitrogens with zero attached hydrogens (tertiary/aromatic N) is 2. The number of para-hydroxylation sites is 1. The Kier molecular flexibility index (Phi) is 4.98. The zero-order chi connectivity index (χ0) is 19.5. The van der Waals surface area contributed by atoms with Crippen LogP contribution in [0.3, 0.4) is 0 Å². The van der Waals surface area contributed by atoms with Gasteiger partial charge in [-0.1, -0.05) is 48.5 Å². The summed E-state index contributed by atoms with van der Waals surface area (Å²) in [6.07, 6.45) is 0.00636. The lowest BCUT2D eigenvalue weighted by Crippen LogP contribution is -2.49. The molecule has 0 unspecified atom stereocenters. The van der Waals surface area contributed by atoms with Crippen molar-refractivity contribution in [1.29, 1.82) is 0 Å². The number of fused-ring (bicyclic) bond motifs is 1. The number of rotatable bonds is 4. The lowest BCUT2D eigenvalue weighted by atomic mass is 10.1. The Morgan fingerprint density at radius 2 is 1.50 bits per heavy atom. The Bertz CT molecular complexity index is 1020. The summed E-state index contributed by atoms with van der Waals surface area (Å²) in [6.45, 7) is 2.62. The van der Waals surface area contributed by atoms with Crippen LogP contribution in [0.15, 0.2) is 66.7 Å². The van der Waals surface area contributed by atoms with Crippen molar-refractivity contribution in [2.45, 2.75) is 6.42 Å². The van der Waals surface area contributed by atoms with Gasteiger partial charge in [0.1, 0.15) is 0 Å². The molecule has 4 rings (SSSR count). The number of carbonyl (C=O) groups is 2. The number of carbonyl (C=O) groups excluding carboxylic acids is 1. The highest BCUT2D eigenvalue weighted by molar-refractivity contribution is 5.98. The summed E-state index contributed by atoms with van der Waals surface area (Å²) in [7, 11) is 0. The van der Waals surface area contributed by atoms with Gasteiger partial charge in [0.15, 0.2) is 0 Å². The number of aliphatic carboxylic acids is 1. The Hall–Kier alpha value is -3.34. The van der Waals surface area contributed by atoms with Gasteiger partial charge < -0.3 is 14.9 Å². The molecule has 0 bridgehead atoms. The van der Waals surface area contributed by atoms with Crippen LogP contribution in [-0.4, -0.2) is 48.1 Å². The summed E-state index contributed by atoms with van der Waals surface area (Å²) in [5.41, 5.74) is 2.46. The van der Waals surface area contributed by atoms with Gasteiger partial charge in [-0.2, -0.15) is 0 Å². The van der Waals surface area contributed by atoms with E-state index in [2.05, 4.69) is 4.90 Å². The van der Waals surface area contributed by atoms with Crippen LogP contribution in [0, 0.1) is 0 Å². The first kappa shape index (κ1) is 18.0. The molecule has 0 aliphatic carbocycles. The van der Waals surface area contributed by atoms with Crippen LogP contribution in [0.2, 0.25) is 0 Å². The molecule has 0 radical (unpaired) electrons. The highest BCUT2D eigenvalue weighted by Crippen LogP contribution is 2.23. The average Bonchev–Trinajstić information content (AvgIpc) is 2.73. The molecule has 1 amide bonds. The third kappa shape index (κ3) is 3.69. The third-order valence-corrected chi connectivity index (χ3v) is 5.24. The monoisotopic (exact) mass is 374 g/mol. The quantitative estimate of drug-likeness (QED) is 0.760. The van der Waals surface area contributed by atoms with Gasteiger partial charge in [-0.25, -0.2) is 0 Å². The summed E-state index contributed by atoms with van der Waals surface area (Å²) in [6, 6.07) is 21.5. The van der Waals surface area contributed by atoms with Crippen molar-refractivity contribution in [2.24, 2.45) is 0 Å². The Morgan fingerprint density at radius 1 is 0.821 bits per heavy atom. The van der Waals surface area contributed by atoms with Crippen LogP contribution in [0.4, 0.5) is 5.69 Å². The van der Waals surface area contributed by atoms with Crippen LogP contribution in [0.5, 0.6) is 0 Å². The molecular weight excluding hydrogens is 352 g/mol. The SMILES string of the molecule is O=C(O)Cc1ccccc1N1CCN(C(=O)c2ccc3ccccc3c2)CC1. The smallest absolute Gasteiger partial charge is 0.307 e. The first-order chi connectivity index (χ1) is 13.6. The van der Waals surface area contributed by atoms with Gasteiger partial charge in [0, 0.05) is 37.4 Å². The fraction of sp³-hybridized carbons (Fsp3) is 0.217. The van der Waals surface area contributed by atoms with E-state index >= 15 is 0 Å². The third-order valence-electron chi connectivity index (χ3n) is 5.24. The number of piperazine rings is 1. The van der Waals surface area contributed by atoms with E-state index in [-0.39, 0.29) is 12.3 Å². The molecule has 0 atom stereocenters. The fourth-order valence-electron chi connectivity index (χ4n) is 3.79. The van der Waals surface area contributed by atoms with E-state index < -0.39 is 5.97 Å². The molecule has 1 saturated heterocycles. The molecule has 3 aromatic carbocycles. The minimum absolute atomic E-state index is 0.00636. The standard InChI is InChI=1S/C23H22N2O3/c26-22(27)16-19-7-3-4-8-21(19)24-11-13-25(14-12-24)23(28)20-10-9-17-5-1-2-6-18(17)15-20/h1-10,15H,11-14,16H2,(H,26,27). The highest BCUT2D eigenvalue weighted by Gasteiger charge is 2.23. The van der Waals surface area contributed by atoms with Crippen molar-refractivity contribution in [1.82, 2.24) is 4.90 Å². The zero-order valence-electron chi connectivity index (χ0n) is 15.5. The van der Waals surface area contributed by atoms with E-state index in [9.17, 15) is 9.59 Å². The van der Waals surface area contributed by atoms with Crippen molar-refractivity contribution in [2.75, 3.05) is 31.1 Å². The molecule has 1 heterocycles. The Balaban J connectivity index is 1.46. The number of benzene rings is 3. The van der Waals surface area contributed by atoms with Crippen molar-refractivity contribution >= 4 is 28.3 Å². The van der Waals surface area contributed by atoms with Crippen LogP contribution in [-0.2, 0) is 11.2 Å².